The van der Waals surface area contributed by atoms with Gasteiger partial charge < -0.3 is 14.4 Å². The van der Waals surface area contributed by atoms with Gasteiger partial charge in [0.15, 0.2) is 0 Å². The van der Waals surface area contributed by atoms with Gasteiger partial charge >= 0.3 is 0 Å². The third-order valence-electron chi connectivity index (χ3n) is 4.87. The van der Waals surface area contributed by atoms with Crippen molar-refractivity contribution in [3.8, 4) is 0 Å². The lowest BCUT2D eigenvalue weighted by Crippen LogP contribution is -2.32. The van der Waals surface area contributed by atoms with Crippen LogP contribution in [0.3, 0.4) is 0 Å². The topological polar surface area (TPSA) is 24.9 Å². The van der Waals surface area contributed by atoms with Gasteiger partial charge in [-0.3, -0.25) is 4.90 Å². The number of nitrogens with zero attached hydrogens (tertiary/aromatic N) is 2. The van der Waals surface area contributed by atoms with E-state index in [1.54, 1.807) is 0 Å². The van der Waals surface area contributed by atoms with Crippen molar-refractivity contribution in [3.05, 3.63) is 35.4 Å². The standard InChI is InChI=1S/C19H30N2O2/c1-20(11-8-19-16-22-12-13-23-19)14-17-6-2-3-7-18(17)15-21-9-4-5-10-21/h2-3,6-7,19H,4-5,8-16H2,1H3. The first-order valence-electron chi connectivity index (χ1n) is 8.98. The first kappa shape index (κ1) is 16.9. The monoisotopic (exact) mass is 318 g/mol. The Morgan fingerprint density at radius 3 is 2.65 bits per heavy atom. The SMILES string of the molecule is CN(CCC1COCCO1)Cc1ccccc1CN1CCCC1. The summed E-state index contributed by atoms with van der Waals surface area (Å²) in [6.45, 7) is 7.91. The molecule has 2 heterocycles. The molecule has 1 unspecified atom stereocenters. The van der Waals surface area contributed by atoms with E-state index in [0.717, 1.165) is 45.9 Å². The Balaban J connectivity index is 1.49. The van der Waals surface area contributed by atoms with Gasteiger partial charge in [-0.2, -0.15) is 0 Å². The molecule has 23 heavy (non-hydrogen) atoms. The lowest BCUT2D eigenvalue weighted by molar-refractivity contribution is -0.0924. The molecule has 0 saturated carbocycles. The minimum atomic E-state index is 0.269. The van der Waals surface area contributed by atoms with E-state index in [1.807, 2.05) is 0 Å². The molecule has 3 rings (SSSR count). The van der Waals surface area contributed by atoms with E-state index in [9.17, 15) is 0 Å². The second-order valence-corrected chi connectivity index (χ2v) is 6.85. The Labute approximate surface area is 140 Å². The van der Waals surface area contributed by atoms with Gasteiger partial charge in [-0.05, 0) is 50.5 Å². The number of ether oxygens (including phenoxy) is 2. The van der Waals surface area contributed by atoms with E-state index in [2.05, 4.69) is 41.1 Å². The van der Waals surface area contributed by atoms with Crippen LogP contribution in [0.2, 0.25) is 0 Å². The molecule has 0 amide bonds. The highest BCUT2D eigenvalue weighted by molar-refractivity contribution is 5.27. The Morgan fingerprint density at radius 1 is 1.13 bits per heavy atom. The van der Waals surface area contributed by atoms with E-state index < -0.39 is 0 Å². The number of benzene rings is 1. The lowest BCUT2D eigenvalue weighted by atomic mass is 10.1. The zero-order chi connectivity index (χ0) is 15.9. The van der Waals surface area contributed by atoms with E-state index in [0.29, 0.717) is 0 Å². The van der Waals surface area contributed by atoms with Gasteiger partial charge in [0.1, 0.15) is 0 Å². The molecule has 2 fully saturated rings. The summed E-state index contributed by atoms with van der Waals surface area (Å²) in [4.78, 5) is 4.98. The normalized spacial score (nSPS) is 22.8. The predicted molar refractivity (Wildman–Crippen MR) is 92.5 cm³/mol. The van der Waals surface area contributed by atoms with Gasteiger partial charge in [0.05, 0.1) is 25.9 Å². The minimum Gasteiger partial charge on any atom is -0.376 e. The third-order valence-corrected chi connectivity index (χ3v) is 4.87. The number of likely N-dealkylation sites (tertiary alicyclic amines) is 1. The molecule has 128 valence electrons. The van der Waals surface area contributed by atoms with Crippen molar-refractivity contribution >= 4 is 0 Å². The molecule has 2 saturated heterocycles. The summed E-state index contributed by atoms with van der Waals surface area (Å²) in [5.74, 6) is 0. The predicted octanol–water partition coefficient (Wildman–Crippen LogP) is 2.52. The van der Waals surface area contributed by atoms with Crippen LogP contribution in [0.1, 0.15) is 30.4 Å². The average molecular weight is 318 g/mol. The van der Waals surface area contributed by atoms with Crippen LogP contribution in [0.25, 0.3) is 0 Å². The van der Waals surface area contributed by atoms with Crippen molar-refractivity contribution in [2.75, 3.05) is 46.5 Å². The van der Waals surface area contributed by atoms with Crippen molar-refractivity contribution in [3.63, 3.8) is 0 Å². The molecule has 1 aromatic rings. The summed E-state index contributed by atoms with van der Waals surface area (Å²) in [7, 11) is 2.20. The average Bonchev–Trinajstić information content (AvgIpc) is 3.09. The van der Waals surface area contributed by atoms with Crippen LogP contribution in [-0.4, -0.2) is 62.4 Å². The van der Waals surface area contributed by atoms with Gasteiger partial charge in [0.2, 0.25) is 0 Å². The lowest BCUT2D eigenvalue weighted by Gasteiger charge is -2.26. The molecule has 1 atom stereocenters. The molecule has 0 bridgehead atoms. The largest absolute Gasteiger partial charge is 0.376 e. The Morgan fingerprint density at radius 2 is 1.91 bits per heavy atom. The molecule has 0 N–H and O–H groups in total. The first-order chi connectivity index (χ1) is 11.3. The van der Waals surface area contributed by atoms with Crippen molar-refractivity contribution in [1.82, 2.24) is 9.80 Å². The summed E-state index contributed by atoms with van der Waals surface area (Å²) >= 11 is 0. The summed E-state index contributed by atoms with van der Waals surface area (Å²) in [5.41, 5.74) is 2.95. The van der Waals surface area contributed by atoms with Gasteiger partial charge in [-0.15, -0.1) is 0 Å². The molecule has 4 nitrogen and oxygen atoms in total. The number of hydrogen-bond acceptors (Lipinski definition) is 4. The second-order valence-electron chi connectivity index (χ2n) is 6.85. The highest BCUT2D eigenvalue weighted by atomic mass is 16.6. The van der Waals surface area contributed by atoms with Gasteiger partial charge in [-0.25, -0.2) is 0 Å². The maximum atomic E-state index is 5.73. The van der Waals surface area contributed by atoms with Crippen LogP contribution in [0.4, 0.5) is 0 Å². The molecule has 4 heteroatoms. The fourth-order valence-electron chi connectivity index (χ4n) is 3.49. The van der Waals surface area contributed by atoms with Crippen LogP contribution in [0.5, 0.6) is 0 Å². The van der Waals surface area contributed by atoms with E-state index >= 15 is 0 Å². The fraction of sp³-hybridized carbons (Fsp3) is 0.684. The molecule has 2 aliphatic rings. The maximum Gasteiger partial charge on any atom is 0.0821 e. The van der Waals surface area contributed by atoms with Crippen molar-refractivity contribution < 1.29 is 9.47 Å². The quantitative estimate of drug-likeness (QED) is 0.771. The molecule has 0 radical (unpaired) electrons. The van der Waals surface area contributed by atoms with E-state index in [-0.39, 0.29) is 6.10 Å². The molecule has 0 aromatic heterocycles. The third kappa shape index (κ3) is 5.28. The Kier molecular flexibility index (Phi) is 6.46. The fourth-order valence-corrected chi connectivity index (χ4v) is 3.49. The van der Waals surface area contributed by atoms with Gasteiger partial charge in [0.25, 0.3) is 0 Å². The summed E-state index contributed by atoms with van der Waals surface area (Å²) in [6.07, 6.45) is 4.02. The highest BCUT2D eigenvalue weighted by Crippen LogP contribution is 2.17. The van der Waals surface area contributed by atoms with Gasteiger partial charge in [0, 0.05) is 19.6 Å². The second kappa shape index (κ2) is 8.78. The van der Waals surface area contributed by atoms with E-state index in [4.69, 9.17) is 9.47 Å². The van der Waals surface area contributed by atoms with E-state index in [1.165, 1.54) is 37.1 Å². The summed E-state index contributed by atoms with van der Waals surface area (Å²) < 4.78 is 11.2. The molecule has 2 aliphatic heterocycles. The molecule has 0 spiro atoms. The zero-order valence-electron chi connectivity index (χ0n) is 14.4. The zero-order valence-corrected chi connectivity index (χ0v) is 14.4. The van der Waals surface area contributed by atoms with Crippen LogP contribution in [-0.2, 0) is 22.6 Å². The number of hydrogen-bond donors (Lipinski definition) is 0. The van der Waals surface area contributed by atoms with Crippen molar-refractivity contribution in [1.29, 1.82) is 0 Å². The molecular formula is C19H30N2O2. The van der Waals surface area contributed by atoms with Gasteiger partial charge in [-0.1, -0.05) is 24.3 Å². The summed E-state index contributed by atoms with van der Waals surface area (Å²) in [6, 6.07) is 8.90. The van der Waals surface area contributed by atoms with Crippen LogP contribution in [0.15, 0.2) is 24.3 Å². The number of rotatable bonds is 7. The Hall–Kier alpha value is -0.940. The molecule has 1 aromatic carbocycles. The smallest absolute Gasteiger partial charge is 0.0821 e. The van der Waals surface area contributed by atoms with Crippen molar-refractivity contribution in [2.45, 2.75) is 38.5 Å². The molecular weight excluding hydrogens is 288 g/mol. The first-order valence-corrected chi connectivity index (χ1v) is 8.98. The highest BCUT2D eigenvalue weighted by Gasteiger charge is 2.16. The summed E-state index contributed by atoms with van der Waals surface area (Å²) in [5, 5.41) is 0. The Bertz CT molecular complexity index is 468. The van der Waals surface area contributed by atoms with Crippen molar-refractivity contribution in [2.24, 2.45) is 0 Å². The van der Waals surface area contributed by atoms with Crippen LogP contribution in [0, 0.1) is 0 Å². The van der Waals surface area contributed by atoms with Crippen LogP contribution < -0.4 is 0 Å². The maximum absolute atomic E-state index is 5.73. The minimum absolute atomic E-state index is 0.269. The van der Waals surface area contributed by atoms with Crippen LogP contribution >= 0.6 is 0 Å². The molecule has 0 aliphatic carbocycles.